The molecule has 2 aromatic carbocycles. The zero-order valence-electron chi connectivity index (χ0n) is 15.2. The van der Waals surface area contributed by atoms with Crippen LogP contribution in [-0.4, -0.2) is 22.3 Å². The van der Waals surface area contributed by atoms with E-state index < -0.39 is 0 Å². The highest BCUT2D eigenvalue weighted by atomic mass is 32.2. The molecule has 0 fully saturated rings. The summed E-state index contributed by atoms with van der Waals surface area (Å²) in [5.74, 6) is 1.84. The summed E-state index contributed by atoms with van der Waals surface area (Å²) in [6.45, 7) is 0.469. The van der Waals surface area contributed by atoms with Crippen LogP contribution in [0.25, 0.3) is 21.3 Å². The Hall–Kier alpha value is -2.71. The second-order valence-corrected chi connectivity index (χ2v) is 8.17. The lowest BCUT2D eigenvalue weighted by Crippen LogP contribution is -2.11. The third kappa shape index (κ3) is 4.65. The molecule has 0 atom stereocenters. The lowest BCUT2D eigenvalue weighted by Gasteiger charge is -2.06. The van der Waals surface area contributed by atoms with E-state index in [9.17, 15) is 13.6 Å². The average molecular weight is 431 g/mol. The molecule has 0 amide bonds. The summed E-state index contributed by atoms with van der Waals surface area (Å²) in [7, 11) is 0. The van der Waals surface area contributed by atoms with Gasteiger partial charge in [-0.25, -0.2) is 13.8 Å². The van der Waals surface area contributed by atoms with Crippen LogP contribution in [0, 0.1) is 11.6 Å². The third-order valence-corrected chi connectivity index (χ3v) is 6.00. The number of thioether (sulfide) groups is 1. The highest BCUT2D eigenvalue weighted by Crippen LogP contribution is 2.31. The summed E-state index contributed by atoms with van der Waals surface area (Å²) < 4.78 is 31.6. The first-order valence-electron chi connectivity index (χ1n) is 8.82. The zero-order chi connectivity index (χ0) is 20.2. The largest absolute Gasteiger partial charge is 0.493 e. The van der Waals surface area contributed by atoms with Crippen LogP contribution in [0.5, 0.6) is 5.75 Å². The molecule has 0 aliphatic carbocycles. The molecular formula is C21H16F2N2O2S2. The van der Waals surface area contributed by atoms with E-state index in [4.69, 9.17) is 4.74 Å². The van der Waals surface area contributed by atoms with Gasteiger partial charge in [-0.3, -0.25) is 4.79 Å². The van der Waals surface area contributed by atoms with Crippen molar-refractivity contribution >= 4 is 33.3 Å². The Morgan fingerprint density at radius 3 is 2.45 bits per heavy atom. The number of H-pyrrole nitrogens is 1. The number of aromatic amines is 1. The molecule has 2 aromatic heterocycles. The SMILES string of the molecule is O=c1[nH]c(CSCCOc2ccc(F)cc2)nc2scc(-c3ccc(F)cc3)c12. The molecule has 4 nitrogen and oxygen atoms in total. The number of thiophene rings is 1. The number of hydrogen-bond donors (Lipinski definition) is 1. The van der Waals surface area contributed by atoms with Crippen LogP contribution in [0.2, 0.25) is 0 Å². The molecule has 0 unspecified atom stereocenters. The van der Waals surface area contributed by atoms with Crippen LogP contribution in [0.1, 0.15) is 5.82 Å². The third-order valence-electron chi connectivity index (χ3n) is 4.20. The van der Waals surface area contributed by atoms with Gasteiger partial charge in [0.25, 0.3) is 5.56 Å². The number of aromatic nitrogens is 2. The molecule has 29 heavy (non-hydrogen) atoms. The predicted molar refractivity (Wildman–Crippen MR) is 114 cm³/mol. The van der Waals surface area contributed by atoms with Crippen LogP contribution >= 0.6 is 23.1 Å². The van der Waals surface area contributed by atoms with Crippen molar-refractivity contribution in [2.45, 2.75) is 5.75 Å². The Morgan fingerprint density at radius 1 is 1.03 bits per heavy atom. The van der Waals surface area contributed by atoms with Crippen molar-refractivity contribution in [3.05, 3.63) is 81.7 Å². The molecule has 1 N–H and O–H groups in total. The maximum absolute atomic E-state index is 13.2. The second kappa shape index (κ2) is 8.75. The smallest absolute Gasteiger partial charge is 0.260 e. The van der Waals surface area contributed by atoms with E-state index >= 15 is 0 Å². The molecule has 148 valence electrons. The van der Waals surface area contributed by atoms with Crippen molar-refractivity contribution in [3.63, 3.8) is 0 Å². The molecule has 0 aliphatic heterocycles. The molecule has 0 bridgehead atoms. The minimum Gasteiger partial charge on any atom is -0.493 e. The first kappa shape index (κ1) is 19.6. The predicted octanol–water partition coefficient (Wildman–Crippen LogP) is 5.24. The number of rotatable bonds is 7. The van der Waals surface area contributed by atoms with E-state index in [0.29, 0.717) is 39.9 Å². The summed E-state index contributed by atoms with van der Waals surface area (Å²) in [5, 5.41) is 2.39. The van der Waals surface area contributed by atoms with Crippen LogP contribution in [-0.2, 0) is 5.75 Å². The fourth-order valence-corrected chi connectivity index (χ4v) is 4.46. The fourth-order valence-electron chi connectivity index (χ4n) is 2.82. The lowest BCUT2D eigenvalue weighted by atomic mass is 10.1. The summed E-state index contributed by atoms with van der Waals surface area (Å²) in [5.41, 5.74) is 1.34. The van der Waals surface area contributed by atoms with Crippen LogP contribution in [0.4, 0.5) is 8.78 Å². The fraction of sp³-hybridized carbons (Fsp3) is 0.143. The summed E-state index contributed by atoms with van der Waals surface area (Å²) in [6.07, 6.45) is 0. The first-order chi connectivity index (χ1) is 14.1. The summed E-state index contributed by atoms with van der Waals surface area (Å²) in [6, 6.07) is 11.9. The van der Waals surface area contributed by atoms with Crippen molar-refractivity contribution in [2.75, 3.05) is 12.4 Å². The van der Waals surface area contributed by atoms with Crippen molar-refractivity contribution in [1.29, 1.82) is 0 Å². The number of hydrogen-bond acceptors (Lipinski definition) is 5. The maximum Gasteiger partial charge on any atom is 0.260 e. The molecule has 0 saturated heterocycles. The lowest BCUT2D eigenvalue weighted by molar-refractivity contribution is 0.343. The number of fused-ring (bicyclic) bond motifs is 1. The quantitative estimate of drug-likeness (QED) is 0.407. The molecular weight excluding hydrogens is 414 g/mol. The van der Waals surface area contributed by atoms with Crippen molar-refractivity contribution in [3.8, 4) is 16.9 Å². The monoisotopic (exact) mass is 430 g/mol. The van der Waals surface area contributed by atoms with Crippen molar-refractivity contribution in [1.82, 2.24) is 9.97 Å². The van der Waals surface area contributed by atoms with E-state index in [2.05, 4.69) is 9.97 Å². The van der Waals surface area contributed by atoms with Gasteiger partial charge in [0.15, 0.2) is 0 Å². The average Bonchev–Trinajstić information content (AvgIpc) is 3.14. The molecule has 2 heterocycles. The minimum atomic E-state index is -0.317. The zero-order valence-corrected chi connectivity index (χ0v) is 16.8. The van der Waals surface area contributed by atoms with Gasteiger partial charge in [0.2, 0.25) is 0 Å². The van der Waals surface area contributed by atoms with Gasteiger partial charge in [-0.2, -0.15) is 11.8 Å². The van der Waals surface area contributed by atoms with E-state index in [0.717, 1.165) is 11.1 Å². The standard InChI is InChI=1S/C21H16F2N2O2S2/c22-14-3-1-13(2-4-14)17-11-29-21-19(17)20(26)24-18(25-21)12-28-10-9-27-16-7-5-15(23)6-8-16/h1-8,11H,9-10,12H2,(H,24,25,26). The molecule has 0 spiro atoms. The normalized spacial score (nSPS) is 11.1. The van der Waals surface area contributed by atoms with Gasteiger partial charge in [-0.05, 0) is 42.0 Å². The summed E-state index contributed by atoms with van der Waals surface area (Å²) in [4.78, 5) is 20.6. The number of halogens is 2. The molecule has 0 saturated carbocycles. The van der Waals surface area contributed by atoms with Gasteiger partial charge >= 0.3 is 0 Å². The number of ether oxygens (including phenoxy) is 1. The van der Waals surface area contributed by atoms with Gasteiger partial charge in [0, 0.05) is 16.7 Å². The minimum absolute atomic E-state index is 0.200. The number of nitrogens with zero attached hydrogens (tertiary/aromatic N) is 1. The van der Waals surface area contributed by atoms with Crippen molar-refractivity contribution < 1.29 is 13.5 Å². The highest BCUT2D eigenvalue weighted by Gasteiger charge is 2.13. The van der Waals surface area contributed by atoms with E-state index in [-0.39, 0.29) is 17.2 Å². The Balaban J connectivity index is 1.39. The van der Waals surface area contributed by atoms with Gasteiger partial charge in [-0.1, -0.05) is 12.1 Å². The maximum atomic E-state index is 13.2. The highest BCUT2D eigenvalue weighted by molar-refractivity contribution is 7.98. The van der Waals surface area contributed by atoms with E-state index in [1.165, 1.54) is 35.6 Å². The Morgan fingerprint density at radius 2 is 1.72 bits per heavy atom. The Bertz CT molecular complexity index is 1170. The molecule has 0 radical (unpaired) electrons. The Labute approximate surface area is 173 Å². The van der Waals surface area contributed by atoms with Crippen LogP contribution in [0.15, 0.2) is 58.7 Å². The number of benzene rings is 2. The molecule has 8 heteroatoms. The summed E-state index contributed by atoms with van der Waals surface area (Å²) >= 11 is 2.98. The van der Waals surface area contributed by atoms with Crippen molar-refractivity contribution in [2.24, 2.45) is 0 Å². The van der Waals surface area contributed by atoms with Gasteiger partial charge in [0.05, 0.1) is 17.7 Å². The van der Waals surface area contributed by atoms with Crippen LogP contribution < -0.4 is 10.3 Å². The molecule has 0 aliphatic rings. The molecule has 4 rings (SSSR count). The van der Waals surface area contributed by atoms with E-state index in [1.54, 1.807) is 36.0 Å². The molecule has 4 aromatic rings. The van der Waals surface area contributed by atoms with Gasteiger partial charge in [0.1, 0.15) is 28.0 Å². The Kier molecular flexibility index (Phi) is 5.92. The number of nitrogens with one attached hydrogen (secondary N) is 1. The van der Waals surface area contributed by atoms with E-state index in [1.807, 2.05) is 5.38 Å². The van der Waals surface area contributed by atoms with Crippen LogP contribution in [0.3, 0.4) is 0 Å². The van der Waals surface area contributed by atoms with Gasteiger partial charge in [-0.15, -0.1) is 11.3 Å². The topological polar surface area (TPSA) is 55.0 Å². The van der Waals surface area contributed by atoms with Gasteiger partial charge < -0.3 is 9.72 Å². The first-order valence-corrected chi connectivity index (χ1v) is 10.9. The second-order valence-electron chi connectivity index (χ2n) is 6.20.